The van der Waals surface area contributed by atoms with Gasteiger partial charge in [-0.15, -0.1) is 0 Å². The molecule has 3 heteroatoms. The maximum Gasteiger partial charge on any atom is 0.273 e. The molecule has 80 valence electrons. The Hall–Kier alpha value is -1.38. The summed E-state index contributed by atoms with van der Waals surface area (Å²) in [6.45, 7) is 4.18. The lowest BCUT2D eigenvalue weighted by atomic mass is 9.93. The zero-order valence-electron chi connectivity index (χ0n) is 9.06. The lowest BCUT2D eigenvalue weighted by molar-refractivity contribution is -0.385. The van der Waals surface area contributed by atoms with Gasteiger partial charge in [-0.2, -0.15) is 0 Å². The Labute approximate surface area is 89.3 Å². The lowest BCUT2D eigenvalue weighted by Gasteiger charge is -2.11. The molecule has 0 amide bonds. The predicted molar refractivity (Wildman–Crippen MR) is 59.2 cm³/mol. The Morgan fingerprint density at radius 3 is 2.53 bits per heavy atom. The predicted octanol–water partition coefficient (Wildman–Crippen LogP) is 3.60. The van der Waals surface area contributed by atoms with E-state index in [1.54, 1.807) is 12.1 Å². The Morgan fingerprint density at radius 1 is 1.40 bits per heavy atom. The van der Waals surface area contributed by atoms with Crippen LogP contribution < -0.4 is 0 Å². The minimum absolute atomic E-state index is 0.250. The van der Waals surface area contributed by atoms with Gasteiger partial charge in [-0.3, -0.25) is 10.1 Å². The number of nitro groups is 1. The second-order valence-electron chi connectivity index (χ2n) is 4.47. The van der Waals surface area contributed by atoms with E-state index in [0.29, 0.717) is 17.5 Å². The number of nitrogens with zero attached hydrogens (tertiary/aromatic N) is 1. The van der Waals surface area contributed by atoms with Gasteiger partial charge in [0.05, 0.1) is 4.92 Å². The van der Waals surface area contributed by atoms with Crippen molar-refractivity contribution >= 4 is 5.69 Å². The average molecular weight is 205 g/mol. The topological polar surface area (TPSA) is 43.1 Å². The van der Waals surface area contributed by atoms with Gasteiger partial charge in [-0.05, 0) is 30.2 Å². The monoisotopic (exact) mass is 205 g/mol. The molecule has 1 aliphatic carbocycles. The maximum atomic E-state index is 10.9. The number of benzene rings is 1. The molecule has 3 nitrogen and oxygen atoms in total. The van der Waals surface area contributed by atoms with Crippen LogP contribution >= 0.6 is 0 Å². The summed E-state index contributed by atoms with van der Waals surface area (Å²) >= 11 is 0. The number of hydrogen-bond acceptors (Lipinski definition) is 2. The molecule has 0 radical (unpaired) electrons. The molecule has 0 atom stereocenters. The highest BCUT2D eigenvalue weighted by Gasteiger charge is 2.33. The van der Waals surface area contributed by atoms with Crippen molar-refractivity contribution in [1.29, 1.82) is 0 Å². The van der Waals surface area contributed by atoms with Crippen LogP contribution in [0.2, 0.25) is 0 Å². The molecule has 1 fully saturated rings. The third kappa shape index (κ3) is 1.87. The van der Waals surface area contributed by atoms with E-state index in [4.69, 9.17) is 0 Å². The second kappa shape index (κ2) is 3.65. The van der Waals surface area contributed by atoms with Crippen LogP contribution in [0.3, 0.4) is 0 Å². The number of hydrogen-bond donors (Lipinski definition) is 0. The molecule has 1 saturated carbocycles. The first-order chi connectivity index (χ1) is 7.11. The third-order valence-electron chi connectivity index (χ3n) is 2.92. The van der Waals surface area contributed by atoms with Gasteiger partial charge in [0, 0.05) is 11.6 Å². The van der Waals surface area contributed by atoms with Gasteiger partial charge in [-0.1, -0.05) is 26.0 Å². The Bertz CT molecular complexity index is 395. The summed E-state index contributed by atoms with van der Waals surface area (Å²) in [7, 11) is 0. The van der Waals surface area contributed by atoms with Gasteiger partial charge in [0.25, 0.3) is 5.69 Å². The van der Waals surface area contributed by atoms with Crippen molar-refractivity contribution in [1.82, 2.24) is 0 Å². The molecular formula is C12H15NO2. The van der Waals surface area contributed by atoms with Crippen LogP contribution in [0.25, 0.3) is 0 Å². The lowest BCUT2D eigenvalue weighted by Crippen LogP contribution is -2.00. The minimum Gasteiger partial charge on any atom is -0.258 e. The van der Waals surface area contributed by atoms with Gasteiger partial charge in [0.1, 0.15) is 0 Å². The highest BCUT2D eigenvalue weighted by atomic mass is 16.6. The molecule has 15 heavy (non-hydrogen) atoms. The van der Waals surface area contributed by atoms with Crippen molar-refractivity contribution in [2.45, 2.75) is 38.5 Å². The zero-order chi connectivity index (χ0) is 11.0. The maximum absolute atomic E-state index is 10.9. The van der Waals surface area contributed by atoms with Crippen molar-refractivity contribution in [2.24, 2.45) is 0 Å². The fraction of sp³-hybridized carbons (Fsp3) is 0.500. The van der Waals surface area contributed by atoms with E-state index in [2.05, 4.69) is 13.8 Å². The van der Waals surface area contributed by atoms with Crippen LogP contribution in [0.15, 0.2) is 18.2 Å². The normalized spacial score (nSPS) is 15.7. The molecule has 0 saturated heterocycles. The van der Waals surface area contributed by atoms with E-state index in [1.807, 2.05) is 6.07 Å². The molecule has 0 heterocycles. The van der Waals surface area contributed by atoms with Crippen molar-refractivity contribution in [3.63, 3.8) is 0 Å². The van der Waals surface area contributed by atoms with Crippen LogP contribution in [-0.2, 0) is 0 Å². The molecule has 1 aromatic carbocycles. The minimum atomic E-state index is -0.250. The molecule has 0 aliphatic heterocycles. The van der Waals surface area contributed by atoms with Crippen LogP contribution in [0.5, 0.6) is 0 Å². The van der Waals surface area contributed by atoms with Crippen molar-refractivity contribution in [2.75, 3.05) is 0 Å². The van der Waals surface area contributed by atoms with Gasteiger partial charge in [0.15, 0.2) is 0 Å². The first-order valence-corrected chi connectivity index (χ1v) is 5.38. The Morgan fingerprint density at radius 2 is 2.07 bits per heavy atom. The largest absolute Gasteiger partial charge is 0.273 e. The molecule has 1 aliphatic rings. The summed E-state index contributed by atoms with van der Waals surface area (Å²) in [5.41, 5.74) is 2.44. The van der Waals surface area contributed by atoms with E-state index in [-0.39, 0.29) is 4.92 Å². The van der Waals surface area contributed by atoms with Gasteiger partial charge >= 0.3 is 0 Å². The molecular weight excluding hydrogens is 190 g/mol. The summed E-state index contributed by atoms with van der Waals surface area (Å²) < 4.78 is 0. The highest BCUT2D eigenvalue weighted by Crippen LogP contribution is 2.47. The summed E-state index contributed by atoms with van der Waals surface area (Å²) in [5.74, 6) is 0.796. The highest BCUT2D eigenvalue weighted by molar-refractivity contribution is 5.50. The molecule has 0 unspecified atom stereocenters. The van der Waals surface area contributed by atoms with Crippen LogP contribution in [0.4, 0.5) is 5.69 Å². The third-order valence-corrected chi connectivity index (χ3v) is 2.92. The Kier molecular flexibility index (Phi) is 2.47. The van der Waals surface area contributed by atoms with E-state index >= 15 is 0 Å². The van der Waals surface area contributed by atoms with Crippen LogP contribution in [0.1, 0.15) is 49.7 Å². The summed E-state index contributed by atoms with van der Waals surface area (Å²) in [6.07, 6.45) is 2.20. The molecule has 2 rings (SSSR count). The van der Waals surface area contributed by atoms with E-state index < -0.39 is 0 Å². The first kappa shape index (κ1) is 10.1. The van der Waals surface area contributed by atoms with Gasteiger partial charge in [0.2, 0.25) is 0 Å². The second-order valence-corrected chi connectivity index (χ2v) is 4.47. The van der Waals surface area contributed by atoms with Gasteiger partial charge < -0.3 is 0 Å². The summed E-state index contributed by atoms with van der Waals surface area (Å²) in [6, 6.07) is 5.43. The average Bonchev–Trinajstić information content (AvgIpc) is 2.99. The first-order valence-electron chi connectivity index (χ1n) is 5.38. The zero-order valence-corrected chi connectivity index (χ0v) is 9.06. The van der Waals surface area contributed by atoms with Crippen LogP contribution in [0, 0.1) is 10.1 Å². The molecule has 0 spiro atoms. The van der Waals surface area contributed by atoms with Crippen molar-refractivity contribution in [3.8, 4) is 0 Å². The molecule has 0 aromatic heterocycles. The van der Waals surface area contributed by atoms with E-state index in [9.17, 15) is 10.1 Å². The standard InChI is InChI=1S/C12H15NO2/c1-8(2)10-4-3-5-11(13(14)15)12(10)9-6-7-9/h3-5,8-9H,6-7H2,1-2H3. The fourth-order valence-corrected chi connectivity index (χ4v) is 2.05. The van der Waals surface area contributed by atoms with E-state index in [1.165, 1.54) is 0 Å². The van der Waals surface area contributed by atoms with Crippen molar-refractivity contribution < 1.29 is 4.92 Å². The number of rotatable bonds is 3. The van der Waals surface area contributed by atoms with Crippen LogP contribution in [-0.4, -0.2) is 4.92 Å². The quantitative estimate of drug-likeness (QED) is 0.559. The SMILES string of the molecule is CC(C)c1cccc([N+](=O)[O-])c1C1CC1. The Balaban J connectivity index is 2.55. The summed E-state index contributed by atoms with van der Waals surface area (Å²) in [5, 5.41) is 10.9. The van der Waals surface area contributed by atoms with E-state index in [0.717, 1.165) is 24.0 Å². The summed E-state index contributed by atoms with van der Waals surface area (Å²) in [4.78, 5) is 10.7. The molecule has 0 N–H and O–H groups in total. The number of nitro benzene ring substituents is 1. The van der Waals surface area contributed by atoms with Gasteiger partial charge in [-0.25, -0.2) is 0 Å². The van der Waals surface area contributed by atoms with Crippen molar-refractivity contribution in [3.05, 3.63) is 39.4 Å². The molecule has 0 bridgehead atoms. The fourth-order valence-electron chi connectivity index (χ4n) is 2.05. The smallest absolute Gasteiger partial charge is 0.258 e. The molecule has 1 aromatic rings.